The molecule has 0 spiro atoms. The molecule has 0 atom stereocenters. The monoisotopic (exact) mass is 397 g/mol. The maximum absolute atomic E-state index is 13.9. The number of benzene rings is 3. The molecule has 0 saturated heterocycles. The smallest absolute Gasteiger partial charge is 0.149 e. The first-order valence-corrected chi connectivity index (χ1v) is 9.59. The van der Waals surface area contributed by atoms with E-state index in [9.17, 15) is 9.65 Å². The molecule has 0 unspecified atom stereocenters. The van der Waals surface area contributed by atoms with Crippen molar-refractivity contribution in [3.63, 3.8) is 0 Å². The van der Waals surface area contributed by atoms with Gasteiger partial charge in [-0.05, 0) is 55.3 Å². The number of H-pyrrole nitrogens is 1. The van der Waals surface area contributed by atoms with Gasteiger partial charge in [0.05, 0.1) is 16.6 Å². The zero-order valence-electron chi connectivity index (χ0n) is 16.7. The Bertz CT molecular complexity index is 1260. The van der Waals surface area contributed by atoms with E-state index in [0.29, 0.717) is 22.7 Å². The molecular formula is C25H20FN3O. The third kappa shape index (κ3) is 3.94. The summed E-state index contributed by atoms with van der Waals surface area (Å²) in [5, 5.41) is 9.74. The third-order valence-electron chi connectivity index (χ3n) is 5.03. The molecule has 4 nitrogen and oxygen atoms in total. The van der Waals surface area contributed by atoms with Gasteiger partial charge < -0.3 is 9.72 Å². The Morgan fingerprint density at radius 3 is 2.63 bits per heavy atom. The fraction of sp³-hybridized carbons (Fsp3) is 0.120. The van der Waals surface area contributed by atoms with Crippen molar-refractivity contribution in [1.82, 2.24) is 9.97 Å². The van der Waals surface area contributed by atoms with E-state index in [2.05, 4.69) is 16.0 Å². The minimum atomic E-state index is -0.309. The predicted molar refractivity (Wildman–Crippen MR) is 116 cm³/mol. The minimum Gasteiger partial charge on any atom is -0.488 e. The molecule has 0 aliphatic heterocycles. The lowest BCUT2D eigenvalue weighted by Gasteiger charge is -2.10. The summed E-state index contributed by atoms with van der Waals surface area (Å²) in [5.74, 6) is 0.758. The van der Waals surface area contributed by atoms with Crippen molar-refractivity contribution < 1.29 is 9.13 Å². The second-order valence-corrected chi connectivity index (χ2v) is 7.13. The molecule has 1 heterocycles. The van der Waals surface area contributed by atoms with Crippen molar-refractivity contribution in [3.05, 3.63) is 94.6 Å². The molecule has 0 aliphatic carbocycles. The molecule has 0 radical (unpaired) electrons. The fourth-order valence-electron chi connectivity index (χ4n) is 3.21. The standard InChI is InChI=1S/C25H20FN3O/c1-16-11-22-23(12-17(16)2)29-25(28-22)20(14-27)13-18-7-4-6-10-24(18)30-15-19-8-3-5-9-21(19)26/h3-13H,15H2,1-2H3,(H,28,29)/b20-13+. The number of nitriles is 1. The van der Waals surface area contributed by atoms with Crippen LogP contribution < -0.4 is 4.74 Å². The first kappa shape index (κ1) is 19.4. The van der Waals surface area contributed by atoms with Gasteiger partial charge in [0, 0.05) is 11.1 Å². The van der Waals surface area contributed by atoms with Gasteiger partial charge in [-0.15, -0.1) is 0 Å². The van der Waals surface area contributed by atoms with Crippen molar-refractivity contribution in [2.45, 2.75) is 20.5 Å². The summed E-state index contributed by atoms with van der Waals surface area (Å²) >= 11 is 0. The van der Waals surface area contributed by atoms with E-state index in [4.69, 9.17) is 4.74 Å². The van der Waals surface area contributed by atoms with Crippen molar-refractivity contribution in [2.75, 3.05) is 0 Å². The quantitative estimate of drug-likeness (QED) is 0.423. The molecular weight excluding hydrogens is 377 g/mol. The summed E-state index contributed by atoms with van der Waals surface area (Å²) in [4.78, 5) is 7.81. The van der Waals surface area contributed by atoms with Crippen LogP contribution in [-0.4, -0.2) is 9.97 Å². The van der Waals surface area contributed by atoms with Crippen molar-refractivity contribution >= 4 is 22.7 Å². The normalized spacial score (nSPS) is 11.5. The molecule has 148 valence electrons. The number of fused-ring (bicyclic) bond motifs is 1. The van der Waals surface area contributed by atoms with Gasteiger partial charge in [-0.1, -0.05) is 36.4 Å². The van der Waals surface area contributed by atoms with E-state index in [1.54, 1.807) is 30.3 Å². The number of imidazole rings is 1. The van der Waals surface area contributed by atoms with E-state index in [1.165, 1.54) is 6.07 Å². The molecule has 30 heavy (non-hydrogen) atoms. The highest BCUT2D eigenvalue weighted by Crippen LogP contribution is 2.26. The molecule has 0 amide bonds. The zero-order valence-corrected chi connectivity index (χ0v) is 16.7. The molecule has 1 N–H and O–H groups in total. The maximum Gasteiger partial charge on any atom is 0.149 e. The summed E-state index contributed by atoms with van der Waals surface area (Å²) in [6.45, 7) is 4.18. The van der Waals surface area contributed by atoms with Gasteiger partial charge in [-0.25, -0.2) is 9.37 Å². The number of nitrogens with zero attached hydrogens (tertiary/aromatic N) is 2. The van der Waals surface area contributed by atoms with Gasteiger partial charge in [0.2, 0.25) is 0 Å². The topological polar surface area (TPSA) is 61.7 Å². The molecule has 1 aromatic heterocycles. The summed E-state index contributed by atoms with van der Waals surface area (Å²) in [6.07, 6.45) is 1.73. The molecule has 0 saturated carbocycles. The van der Waals surface area contributed by atoms with Crippen LogP contribution in [0.15, 0.2) is 60.7 Å². The maximum atomic E-state index is 13.9. The number of ether oxygens (including phenoxy) is 1. The predicted octanol–water partition coefficient (Wildman–Crippen LogP) is 5.96. The Labute approximate surface area is 174 Å². The second kappa shape index (κ2) is 8.22. The Morgan fingerprint density at radius 1 is 1.10 bits per heavy atom. The third-order valence-corrected chi connectivity index (χ3v) is 5.03. The van der Waals surface area contributed by atoms with E-state index in [-0.39, 0.29) is 12.4 Å². The van der Waals surface area contributed by atoms with Crippen LogP contribution in [0.2, 0.25) is 0 Å². The lowest BCUT2D eigenvalue weighted by molar-refractivity contribution is 0.299. The number of aromatic amines is 1. The number of halogens is 1. The van der Waals surface area contributed by atoms with Crippen LogP contribution in [0.1, 0.15) is 28.1 Å². The number of nitrogens with one attached hydrogen (secondary N) is 1. The average molecular weight is 397 g/mol. The van der Waals surface area contributed by atoms with Crippen LogP contribution >= 0.6 is 0 Å². The highest BCUT2D eigenvalue weighted by molar-refractivity contribution is 5.91. The Kier molecular flexibility index (Phi) is 5.32. The summed E-state index contributed by atoms with van der Waals surface area (Å²) in [6, 6.07) is 20.1. The number of aromatic nitrogens is 2. The fourth-order valence-corrected chi connectivity index (χ4v) is 3.21. The lowest BCUT2D eigenvalue weighted by Crippen LogP contribution is -1.99. The molecule has 5 heteroatoms. The molecule has 0 fully saturated rings. The summed E-state index contributed by atoms with van der Waals surface area (Å²) < 4.78 is 19.7. The minimum absolute atomic E-state index is 0.0998. The largest absolute Gasteiger partial charge is 0.488 e. The van der Waals surface area contributed by atoms with E-state index >= 15 is 0 Å². The van der Waals surface area contributed by atoms with E-state index in [1.807, 2.05) is 44.2 Å². The van der Waals surface area contributed by atoms with Crippen LogP contribution in [0.4, 0.5) is 4.39 Å². The van der Waals surface area contributed by atoms with Crippen molar-refractivity contribution in [2.24, 2.45) is 0 Å². The van der Waals surface area contributed by atoms with Crippen LogP contribution in [0, 0.1) is 31.0 Å². The first-order valence-electron chi connectivity index (χ1n) is 9.59. The van der Waals surface area contributed by atoms with Crippen molar-refractivity contribution in [1.29, 1.82) is 5.26 Å². The average Bonchev–Trinajstić information content (AvgIpc) is 3.15. The van der Waals surface area contributed by atoms with E-state index in [0.717, 1.165) is 27.7 Å². The van der Waals surface area contributed by atoms with Gasteiger partial charge in [-0.3, -0.25) is 0 Å². The van der Waals surface area contributed by atoms with Crippen molar-refractivity contribution in [3.8, 4) is 11.8 Å². The Hall–Kier alpha value is -3.91. The Morgan fingerprint density at radius 2 is 1.83 bits per heavy atom. The number of para-hydroxylation sites is 1. The number of allylic oxidation sites excluding steroid dienone is 1. The number of rotatable bonds is 5. The van der Waals surface area contributed by atoms with E-state index < -0.39 is 0 Å². The first-order chi connectivity index (χ1) is 14.5. The van der Waals surface area contributed by atoms with Gasteiger partial charge in [0.25, 0.3) is 0 Å². The summed E-state index contributed by atoms with van der Waals surface area (Å²) in [7, 11) is 0. The molecule has 3 aromatic carbocycles. The van der Waals surface area contributed by atoms with Gasteiger partial charge in [-0.2, -0.15) is 5.26 Å². The zero-order chi connectivity index (χ0) is 21.1. The molecule has 4 aromatic rings. The lowest BCUT2D eigenvalue weighted by atomic mass is 10.1. The van der Waals surface area contributed by atoms with Gasteiger partial charge in [0.1, 0.15) is 30.1 Å². The Balaban J connectivity index is 1.66. The SMILES string of the molecule is Cc1cc2nc(/C(C#N)=C/c3ccccc3OCc3ccccc3F)[nH]c2cc1C. The molecule has 0 aliphatic rings. The van der Waals surface area contributed by atoms with Crippen LogP contribution in [0.3, 0.4) is 0 Å². The second-order valence-electron chi connectivity index (χ2n) is 7.13. The number of aryl methyl sites for hydroxylation is 2. The van der Waals surface area contributed by atoms with Crippen LogP contribution in [-0.2, 0) is 6.61 Å². The van der Waals surface area contributed by atoms with Gasteiger partial charge >= 0.3 is 0 Å². The highest BCUT2D eigenvalue weighted by Gasteiger charge is 2.11. The molecule has 4 rings (SSSR count). The van der Waals surface area contributed by atoms with Gasteiger partial charge in [0.15, 0.2) is 0 Å². The highest BCUT2D eigenvalue weighted by atomic mass is 19.1. The van der Waals surface area contributed by atoms with Crippen LogP contribution in [0.5, 0.6) is 5.75 Å². The number of hydrogen-bond donors (Lipinski definition) is 1. The molecule has 0 bridgehead atoms. The number of hydrogen-bond acceptors (Lipinski definition) is 3. The van der Waals surface area contributed by atoms with Crippen LogP contribution in [0.25, 0.3) is 22.7 Å². The summed E-state index contributed by atoms with van der Waals surface area (Å²) in [5.41, 5.74) is 5.60.